The molecule has 0 radical (unpaired) electrons. The van der Waals surface area contributed by atoms with Gasteiger partial charge in [-0.1, -0.05) is 0 Å². The summed E-state index contributed by atoms with van der Waals surface area (Å²) < 4.78 is 0. The van der Waals surface area contributed by atoms with Gasteiger partial charge < -0.3 is 11.1 Å². The summed E-state index contributed by atoms with van der Waals surface area (Å²) in [5.41, 5.74) is 7.17. The van der Waals surface area contributed by atoms with Crippen molar-refractivity contribution in [3.8, 4) is 0 Å². The minimum atomic E-state index is -0.131. The van der Waals surface area contributed by atoms with Crippen LogP contribution in [0.2, 0.25) is 0 Å². The van der Waals surface area contributed by atoms with E-state index in [9.17, 15) is 4.79 Å². The Labute approximate surface area is 114 Å². The van der Waals surface area contributed by atoms with Gasteiger partial charge in [0.05, 0.1) is 0 Å². The van der Waals surface area contributed by atoms with Crippen molar-refractivity contribution in [1.82, 2.24) is 10.3 Å². The van der Waals surface area contributed by atoms with Crippen molar-refractivity contribution in [2.45, 2.75) is 25.9 Å². The lowest BCUT2D eigenvalue weighted by atomic mass is 10.1. The van der Waals surface area contributed by atoms with Crippen LogP contribution in [-0.2, 0) is 13.0 Å². The number of nitrogens with one attached hydrogen (secondary N) is 1. The minimum Gasteiger partial charge on any atom is -0.348 e. The number of rotatable bonds is 5. The molecule has 0 aromatic carbocycles. The molecule has 0 bridgehead atoms. The van der Waals surface area contributed by atoms with Crippen LogP contribution in [0.25, 0.3) is 0 Å². The first-order valence-electron chi connectivity index (χ1n) is 5.65. The van der Waals surface area contributed by atoms with Gasteiger partial charge in [0.25, 0.3) is 5.91 Å². The molecule has 2 aromatic rings. The third-order valence-electron chi connectivity index (χ3n) is 2.46. The third kappa shape index (κ3) is 3.38. The number of amides is 1. The SMILES string of the molecule is CC(Cc1ccsc1)NC(=O)c1csc(CN)n1. The summed E-state index contributed by atoms with van der Waals surface area (Å²) in [4.78, 5) is 16.1. The van der Waals surface area contributed by atoms with Gasteiger partial charge in [0.1, 0.15) is 10.7 Å². The Bertz CT molecular complexity index is 507. The molecule has 6 heteroatoms. The molecule has 0 spiro atoms. The fraction of sp³-hybridized carbons (Fsp3) is 0.333. The predicted octanol–water partition coefficient (Wildman–Crippen LogP) is 2.02. The number of nitrogens with two attached hydrogens (primary N) is 1. The van der Waals surface area contributed by atoms with Gasteiger partial charge in [-0.25, -0.2) is 4.98 Å². The van der Waals surface area contributed by atoms with Crippen LogP contribution in [0.4, 0.5) is 0 Å². The van der Waals surface area contributed by atoms with E-state index in [-0.39, 0.29) is 11.9 Å². The first-order chi connectivity index (χ1) is 8.69. The Balaban J connectivity index is 1.90. The third-order valence-corrected chi connectivity index (χ3v) is 4.06. The van der Waals surface area contributed by atoms with E-state index in [2.05, 4.69) is 21.7 Å². The second-order valence-corrected chi connectivity index (χ2v) is 5.76. The monoisotopic (exact) mass is 281 g/mol. The van der Waals surface area contributed by atoms with Gasteiger partial charge in [0.15, 0.2) is 0 Å². The second-order valence-electron chi connectivity index (χ2n) is 4.04. The molecular formula is C12H15N3OS2. The zero-order valence-electron chi connectivity index (χ0n) is 10.1. The maximum atomic E-state index is 11.9. The number of aromatic nitrogens is 1. The Morgan fingerprint density at radius 3 is 3.00 bits per heavy atom. The predicted molar refractivity (Wildman–Crippen MR) is 75.0 cm³/mol. The summed E-state index contributed by atoms with van der Waals surface area (Å²) in [5, 5.41) is 9.60. The standard InChI is InChI=1S/C12H15N3OS2/c1-8(4-9-2-3-17-6-9)14-12(16)10-7-18-11(5-13)15-10/h2-3,6-8H,4-5,13H2,1H3,(H,14,16). The molecule has 2 aromatic heterocycles. The van der Waals surface area contributed by atoms with Crippen LogP contribution in [0.5, 0.6) is 0 Å². The topological polar surface area (TPSA) is 68.0 Å². The fourth-order valence-electron chi connectivity index (χ4n) is 1.62. The molecule has 0 saturated heterocycles. The molecule has 0 aliphatic heterocycles. The van der Waals surface area contributed by atoms with Crippen LogP contribution in [0.3, 0.4) is 0 Å². The van der Waals surface area contributed by atoms with Crippen molar-refractivity contribution in [3.63, 3.8) is 0 Å². The van der Waals surface area contributed by atoms with Gasteiger partial charge in [-0.2, -0.15) is 11.3 Å². The summed E-state index contributed by atoms with van der Waals surface area (Å²) >= 11 is 3.08. The summed E-state index contributed by atoms with van der Waals surface area (Å²) in [5.74, 6) is -0.131. The zero-order chi connectivity index (χ0) is 13.0. The molecule has 1 atom stereocenters. The minimum absolute atomic E-state index is 0.0927. The number of carbonyl (C=O) groups is 1. The van der Waals surface area contributed by atoms with Gasteiger partial charge in [0, 0.05) is 18.0 Å². The van der Waals surface area contributed by atoms with E-state index in [1.807, 2.05) is 12.3 Å². The van der Waals surface area contributed by atoms with Gasteiger partial charge in [-0.3, -0.25) is 4.79 Å². The molecule has 2 rings (SSSR count). The Morgan fingerprint density at radius 1 is 1.56 bits per heavy atom. The maximum absolute atomic E-state index is 11.9. The van der Waals surface area contributed by atoms with E-state index in [1.54, 1.807) is 16.7 Å². The average molecular weight is 281 g/mol. The van der Waals surface area contributed by atoms with Gasteiger partial charge in [-0.15, -0.1) is 11.3 Å². The number of carbonyl (C=O) groups excluding carboxylic acids is 1. The summed E-state index contributed by atoms with van der Waals surface area (Å²) in [6.07, 6.45) is 0.836. The van der Waals surface area contributed by atoms with E-state index in [0.717, 1.165) is 11.4 Å². The highest BCUT2D eigenvalue weighted by molar-refractivity contribution is 7.09. The van der Waals surface area contributed by atoms with E-state index in [1.165, 1.54) is 16.9 Å². The molecule has 1 unspecified atom stereocenters. The summed E-state index contributed by atoms with van der Waals surface area (Å²) in [7, 11) is 0. The lowest BCUT2D eigenvalue weighted by Crippen LogP contribution is -2.34. The van der Waals surface area contributed by atoms with E-state index >= 15 is 0 Å². The molecule has 2 heterocycles. The van der Waals surface area contributed by atoms with Crippen LogP contribution in [0, 0.1) is 0 Å². The van der Waals surface area contributed by atoms with Gasteiger partial charge in [-0.05, 0) is 35.7 Å². The zero-order valence-corrected chi connectivity index (χ0v) is 11.7. The normalized spacial score (nSPS) is 12.3. The quantitative estimate of drug-likeness (QED) is 0.881. The van der Waals surface area contributed by atoms with Gasteiger partial charge >= 0.3 is 0 Å². The largest absolute Gasteiger partial charge is 0.348 e. The van der Waals surface area contributed by atoms with Crippen molar-refractivity contribution >= 4 is 28.6 Å². The van der Waals surface area contributed by atoms with Crippen LogP contribution in [-0.4, -0.2) is 16.9 Å². The Hall–Kier alpha value is -1.24. The van der Waals surface area contributed by atoms with Crippen molar-refractivity contribution in [1.29, 1.82) is 0 Å². The molecular weight excluding hydrogens is 266 g/mol. The second kappa shape index (κ2) is 6.08. The Kier molecular flexibility index (Phi) is 4.46. The first kappa shape index (κ1) is 13.2. The highest BCUT2D eigenvalue weighted by Crippen LogP contribution is 2.11. The van der Waals surface area contributed by atoms with Crippen molar-refractivity contribution < 1.29 is 4.79 Å². The number of thiazole rings is 1. The van der Waals surface area contributed by atoms with E-state index in [4.69, 9.17) is 5.73 Å². The van der Waals surface area contributed by atoms with Crippen molar-refractivity contribution in [2.24, 2.45) is 5.73 Å². The van der Waals surface area contributed by atoms with Crippen LogP contribution in [0.1, 0.15) is 28.0 Å². The number of hydrogen-bond acceptors (Lipinski definition) is 5. The summed E-state index contributed by atoms with van der Waals surface area (Å²) in [6, 6.07) is 2.16. The van der Waals surface area contributed by atoms with Crippen LogP contribution < -0.4 is 11.1 Å². The van der Waals surface area contributed by atoms with E-state index in [0.29, 0.717) is 12.2 Å². The lowest BCUT2D eigenvalue weighted by Gasteiger charge is -2.11. The first-order valence-corrected chi connectivity index (χ1v) is 7.47. The fourth-order valence-corrected chi connectivity index (χ4v) is 2.96. The molecule has 96 valence electrons. The lowest BCUT2D eigenvalue weighted by molar-refractivity contribution is 0.0935. The molecule has 0 aliphatic carbocycles. The van der Waals surface area contributed by atoms with Crippen molar-refractivity contribution in [2.75, 3.05) is 0 Å². The average Bonchev–Trinajstić information content (AvgIpc) is 2.98. The number of hydrogen-bond donors (Lipinski definition) is 2. The van der Waals surface area contributed by atoms with Crippen LogP contribution in [0.15, 0.2) is 22.2 Å². The van der Waals surface area contributed by atoms with Crippen LogP contribution >= 0.6 is 22.7 Å². The number of nitrogens with zero attached hydrogens (tertiary/aromatic N) is 1. The molecule has 4 nitrogen and oxygen atoms in total. The smallest absolute Gasteiger partial charge is 0.270 e. The molecule has 3 N–H and O–H groups in total. The van der Waals surface area contributed by atoms with E-state index < -0.39 is 0 Å². The molecule has 0 saturated carbocycles. The molecule has 0 aliphatic rings. The molecule has 1 amide bonds. The number of thiophene rings is 1. The maximum Gasteiger partial charge on any atom is 0.270 e. The highest BCUT2D eigenvalue weighted by Gasteiger charge is 2.13. The molecule has 0 fully saturated rings. The van der Waals surface area contributed by atoms with Gasteiger partial charge in [0.2, 0.25) is 0 Å². The van der Waals surface area contributed by atoms with Crippen molar-refractivity contribution in [3.05, 3.63) is 38.5 Å². The summed E-state index contributed by atoms with van der Waals surface area (Å²) in [6.45, 7) is 2.37. The molecule has 18 heavy (non-hydrogen) atoms. The highest BCUT2D eigenvalue weighted by atomic mass is 32.1. The Morgan fingerprint density at radius 2 is 2.39 bits per heavy atom.